The maximum Gasteiger partial charge on any atom is 0.303 e. The topological polar surface area (TPSA) is 77.9 Å². The third kappa shape index (κ3) is 4.28. The van der Waals surface area contributed by atoms with E-state index in [2.05, 4.69) is 20.8 Å². The highest BCUT2D eigenvalue weighted by atomic mass is 79.9. The fraction of sp³-hybridized carbons (Fsp3) is 0.500. The van der Waals surface area contributed by atoms with Gasteiger partial charge in [-0.05, 0) is 41.0 Å². The molecule has 0 atom stereocenters. The highest BCUT2D eigenvalue weighted by molar-refractivity contribution is 9.10. The summed E-state index contributed by atoms with van der Waals surface area (Å²) in [7, 11) is -3.48. The number of aliphatic carboxylic acids is 1. The largest absolute Gasteiger partial charge is 0.481 e. The van der Waals surface area contributed by atoms with Gasteiger partial charge in [0, 0.05) is 37.1 Å². The van der Waals surface area contributed by atoms with Crippen molar-refractivity contribution in [3.05, 3.63) is 28.7 Å². The Balaban J connectivity index is 1.94. The van der Waals surface area contributed by atoms with Gasteiger partial charge in [0.05, 0.1) is 4.90 Å². The van der Waals surface area contributed by atoms with Gasteiger partial charge in [-0.3, -0.25) is 4.79 Å². The number of hydrogen-bond acceptors (Lipinski definition) is 4. The van der Waals surface area contributed by atoms with Crippen molar-refractivity contribution >= 4 is 31.9 Å². The van der Waals surface area contributed by atoms with Crippen LogP contribution in [0.15, 0.2) is 33.6 Å². The van der Waals surface area contributed by atoms with Crippen LogP contribution in [0.25, 0.3) is 0 Å². The number of carboxylic acids is 1. The van der Waals surface area contributed by atoms with Crippen molar-refractivity contribution in [2.45, 2.75) is 17.7 Å². The lowest BCUT2D eigenvalue weighted by molar-refractivity contribution is -0.137. The number of carboxylic acid groups (broad SMARTS) is 1. The molecule has 1 heterocycles. The second kappa shape index (κ2) is 7.54. The molecule has 0 unspecified atom stereocenters. The maximum absolute atomic E-state index is 12.6. The highest BCUT2D eigenvalue weighted by Gasteiger charge is 2.29. The fourth-order valence-electron chi connectivity index (χ4n) is 2.44. The Morgan fingerprint density at radius 1 is 1.18 bits per heavy atom. The second-order valence-electron chi connectivity index (χ2n) is 5.17. The van der Waals surface area contributed by atoms with Gasteiger partial charge in [-0.1, -0.05) is 12.1 Å². The Morgan fingerprint density at radius 2 is 1.82 bits per heavy atom. The van der Waals surface area contributed by atoms with Crippen molar-refractivity contribution in [3.63, 3.8) is 0 Å². The van der Waals surface area contributed by atoms with E-state index in [9.17, 15) is 13.2 Å². The van der Waals surface area contributed by atoms with Crippen LogP contribution in [0.5, 0.6) is 0 Å². The van der Waals surface area contributed by atoms with Crippen LogP contribution in [0.4, 0.5) is 0 Å². The second-order valence-corrected chi connectivity index (χ2v) is 7.93. The number of hydrogen-bond donors (Lipinski definition) is 1. The lowest BCUT2D eigenvalue weighted by Crippen LogP contribution is -2.48. The number of halogens is 1. The van der Waals surface area contributed by atoms with Gasteiger partial charge in [-0.2, -0.15) is 4.31 Å². The molecule has 1 fully saturated rings. The van der Waals surface area contributed by atoms with Gasteiger partial charge in [0.1, 0.15) is 0 Å². The standard InChI is InChI=1S/C14H19BrN2O4S/c15-12-4-1-2-5-13(12)22(20,21)17-10-8-16(9-11-17)7-3-6-14(18)19/h1-2,4-5H,3,6-11H2,(H,18,19). The molecule has 0 aromatic heterocycles. The summed E-state index contributed by atoms with van der Waals surface area (Å²) < 4.78 is 27.3. The molecule has 0 bridgehead atoms. The molecule has 0 amide bonds. The van der Waals surface area contributed by atoms with Crippen LogP contribution < -0.4 is 0 Å². The first-order valence-electron chi connectivity index (χ1n) is 7.10. The van der Waals surface area contributed by atoms with E-state index in [0.717, 1.165) is 0 Å². The summed E-state index contributed by atoms with van der Waals surface area (Å²) in [5.74, 6) is -0.796. The van der Waals surface area contributed by atoms with Gasteiger partial charge in [-0.15, -0.1) is 0 Å². The summed E-state index contributed by atoms with van der Waals surface area (Å²) in [6.45, 7) is 2.80. The Morgan fingerprint density at radius 3 is 2.41 bits per heavy atom. The molecule has 0 saturated carbocycles. The molecule has 1 saturated heterocycles. The maximum atomic E-state index is 12.6. The van der Waals surface area contributed by atoms with Crippen molar-refractivity contribution in [2.24, 2.45) is 0 Å². The molecule has 0 spiro atoms. The molecule has 122 valence electrons. The van der Waals surface area contributed by atoms with Crippen molar-refractivity contribution in [3.8, 4) is 0 Å². The van der Waals surface area contributed by atoms with Crippen LogP contribution >= 0.6 is 15.9 Å². The molecule has 1 aromatic carbocycles. The van der Waals surface area contributed by atoms with Crippen molar-refractivity contribution in [1.29, 1.82) is 0 Å². The van der Waals surface area contributed by atoms with Gasteiger partial charge in [0.2, 0.25) is 10.0 Å². The predicted octanol–water partition coefficient (Wildman–Crippen LogP) is 1.62. The van der Waals surface area contributed by atoms with Gasteiger partial charge >= 0.3 is 5.97 Å². The zero-order chi connectivity index (χ0) is 16.2. The molecular weight excluding hydrogens is 372 g/mol. The minimum Gasteiger partial charge on any atom is -0.481 e. The number of sulfonamides is 1. The van der Waals surface area contributed by atoms with E-state index in [4.69, 9.17) is 5.11 Å². The van der Waals surface area contributed by atoms with Gasteiger partial charge in [0.25, 0.3) is 0 Å². The highest BCUT2D eigenvalue weighted by Crippen LogP contribution is 2.25. The van der Waals surface area contributed by atoms with E-state index in [1.54, 1.807) is 24.3 Å². The molecule has 6 nitrogen and oxygen atoms in total. The molecule has 1 aromatic rings. The van der Waals surface area contributed by atoms with Gasteiger partial charge in [0.15, 0.2) is 0 Å². The smallest absolute Gasteiger partial charge is 0.303 e. The number of carbonyl (C=O) groups is 1. The Bertz CT molecular complexity index is 627. The number of benzene rings is 1. The third-order valence-corrected chi connectivity index (χ3v) is 6.56. The number of nitrogens with zero attached hydrogens (tertiary/aromatic N) is 2. The molecular formula is C14H19BrN2O4S. The van der Waals surface area contributed by atoms with E-state index in [1.165, 1.54) is 4.31 Å². The van der Waals surface area contributed by atoms with E-state index < -0.39 is 16.0 Å². The van der Waals surface area contributed by atoms with E-state index in [-0.39, 0.29) is 11.3 Å². The monoisotopic (exact) mass is 390 g/mol. The van der Waals surface area contributed by atoms with E-state index in [0.29, 0.717) is 43.6 Å². The lowest BCUT2D eigenvalue weighted by Gasteiger charge is -2.34. The first-order valence-corrected chi connectivity index (χ1v) is 9.33. The van der Waals surface area contributed by atoms with Crippen LogP contribution in [0.1, 0.15) is 12.8 Å². The van der Waals surface area contributed by atoms with Crippen molar-refractivity contribution in [2.75, 3.05) is 32.7 Å². The zero-order valence-corrected chi connectivity index (χ0v) is 14.5. The van der Waals surface area contributed by atoms with Gasteiger partial charge < -0.3 is 10.0 Å². The Kier molecular flexibility index (Phi) is 5.96. The summed E-state index contributed by atoms with van der Waals surface area (Å²) in [5.41, 5.74) is 0. The van der Waals surface area contributed by atoms with E-state index >= 15 is 0 Å². The predicted molar refractivity (Wildman–Crippen MR) is 86.2 cm³/mol. The average molecular weight is 391 g/mol. The quantitative estimate of drug-likeness (QED) is 0.798. The molecule has 1 aliphatic rings. The summed E-state index contributed by atoms with van der Waals surface area (Å²) >= 11 is 3.29. The molecule has 1 aliphatic heterocycles. The summed E-state index contributed by atoms with van der Waals surface area (Å²) in [6, 6.07) is 6.80. The molecule has 8 heteroatoms. The van der Waals surface area contributed by atoms with Crippen LogP contribution in [-0.2, 0) is 14.8 Å². The number of rotatable bonds is 6. The normalized spacial score (nSPS) is 17.5. The summed E-state index contributed by atoms with van der Waals surface area (Å²) in [5, 5.41) is 8.63. The van der Waals surface area contributed by atoms with E-state index in [1.807, 2.05) is 0 Å². The van der Waals surface area contributed by atoms with Crippen molar-refractivity contribution in [1.82, 2.24) is 9.21 Å². The summed E-state index contributed by atoms with van der Waals surface area (Å²) in [6.07, 6.45) is 0.738. The lowest BCUT2D eigenvalue weighted by atomic mass is 10.2. The Hall–Kier alpha value is -0.960. The van der Waals surface area contributed by atoms with Crippen LogP contribution in [0.2, 0.25) is 0 Å². The molecule has 0 radical (unpaired) electrons. The van der Waals surface area contributed by atoms with Crippen LogP contribution in [0.3, 0.4) is 0 Å². The van der Waals surface area contributed by atoms with Gasteiger partial charge in [-0.25, -0.2) is 8.42 Å². The zero-order valence-electron chi connectivity index (χ0n) is 12.1. The fourth-order valence-corrected chi connectivity index (χ4v) is 4.83. The first-order chi connectivity index (χ1) is 10.4. The van der Waals surface area contributed by atoms with Crippen LogP contribution in [-0.4, -0.2) is 61.4 Å². The Labute approximate surface area is 138 Å². The third-order valence-electron chi connectivity index (χ3n) is 3.65. The first kappa shape index (κ1) is 17.4. The molecule has 22 heavy (non-hydrogen) atoms. The minimum atomic E-state index is -3.48. The average Bonchev–Trinajstić information content (AvgIpc) is 2.47. The van der Waals surface area contributed by atoms with Crippen molar-refractivity contribution < 1.29 is 18.3 Å². The minimum absolute atomic E-state index is 0.148. The molecule has 1 N–H and O–H groups in total. The SMILES string of the molecule is O=C(O)CCCN1CCN(S(=O)(=O)c2ccccc2Br)CC1. The number of piperazine rings is 1. The summed E-state index contributed by atoms with van der Waals surface area (Å²) in [4.78, 5) is 12.9. The van der Waals surface area contributed by atoms with Crippen LogP contribution in [0, 0.1) is 0 Å². The molecule has 2 rings (SSSR count). The molecule has 0 aliphatic carbocycles.